The van der Waals surface area contributed by atoms with Gasteiger partial charge in [-0.3, -0.25) is 9.59 Å². The Morgan fingerprint density at radius 3 is 2.39 bits per heavy atom. The van der Waals surface area contributed by atoms with E-state index in [0.29, 0.717) is 12.3 Å². The molecule has 2 aromatic rings. The van der Waals surface area contributed by atoms with Crippen molar-refractivity contribution in [3.8, 4) is 5.75 Å². The number of nitrogens with one attached hydrogen (secondary N) is 2. The second-order valence-electron chi connectivity index (χ2n) is 5.14. The van der Waals surface area contributed by atoms with Crippen LogP contribution in [0.3, 0.4) is 0 Å². The van der Waals surface area contributed by atoms with Crippen molar-refractivity contribution in [3.63, 3.8) is 0 Å². The summed E-state index contributed by atoms with van der Waals surface area (Å²) in [4.78, 5) is 23.0. The van der Waals surface area contributed by atoms with Crippen LogP contribution in [0.15, 0.2) is 48.5 Å². The lowest BCUT2D eigenvalue weighted by Gasteiger charge is -2.09. The van der Waals surface area contributed by atoms with Crippen LogP contribution in [0, 0.1) is 0 Å². The maximum atomic E-state index is 12.0. The van der Waals surface area contributed by atoms with Crippen molar-refractivity contribution in [1.29, 1.82) is 0 Å². The molecule has 0 radical (unpaired) electrons. The fraction of sp³-hybridized carbons (Fsp3) is 0.222. The zero-order chi connectivity index (χ0) is 16.7. The maximum Gasteiger partial charge on any atom is 0.224 e. The molecule has 0 aliphatic rings. The molecule has 0 fully saturated rings. The first-order valence-corrected chi connectivity index (χ1v) is 7.33. The fourth-order valence-corrected chi connectivity index (χ4v) is 2.19. The lowest BCUT2D eigenvalue weighted by atomic mass is 10.1. The molecular formula is C18H20N2O3. The molecule has 0 aromatic heterocycles. The highest BCUT2D eigenvalue weighted by Crippen LogP contribution is 2.17. The summed E-state index contributed by atoms with van der Waals surface area (Å²) in [6.07, 6.45) is 0.272. The Kier molecular flexibility index (Phi) is 5.74. The summed E-state index contributed by atoms with van der Waals surface area (Å²) in [5, 5.41) is 5.58. The molecule has 0 aliphatic carbocycles. The van der Waals surface area contributed by atoms with E-state index in [9.17, 15) is 9.59 Å². The number of benzene rings is 2. The van der Waals surface area contributed by atoms with Crippen LogP contribution in [-0.2, 0) is 22.6 Å². The number of para-hydroxylation sites is 1. The number of carbonyl (C=O) groups excluding carboxylic acids is 2. The Labute approximate surface area is 135 Å². The minimum atomic E-state index is -0.108. The molecule has 0 bridgehead atoms. The number of ether oxygens (including phenoxy) is 1. The van der Waals surface area contributed by atoms with E-state index in [1.807, 2.05) is 48.5 Å². The van der Waals surface area contributed by atoms with Crippen LogP contribution in [0.25, 0.3) is 0 Å². The first-order chi connectivity index (χ1) is 11.1. The highest BCUT2D eigenvalue weighted by Gasteiger charge is 2.08. The van der Waals surface area contributed by atoms with Gasteiger partial charge in [-0.15, -0.1) is 0 Å². The van der Waals surface area contributed by atoms with Crippen molar-refractivity contribution >= 4 is 17.5 Å². The second-order valence-corrected chi connectivity index (χ2v) is 5.14. The molecule has 0 atom stereocenters. The Morgan fingerprint density at radius 1 is 1.04 bits per heavy atom. The molecule has 2 aromatic carbocycles. The predicted molar refractivity (Wildman–Crippen MR) is 89.3 cm³/mol. The van der Waals surface area contributed by atoms with Gasteiger partial charge in [0, 0.05) is 24.7 Å². The van der Waals surface area contributed by atoms with E-state index in [1.165, 1.54) is 6.92 Å². The Morgan fingerprint density at radius 2 is 1.74 bits per heavy atom. The number of rotatable bonds is 6. The van der Waals surface area contributed by atoms with Gasteiger partial charge in [0.05, 0.1) is 13.5 Å². The van der Waals surface area contributed by atoms with Crippen LogP contribution < -0.4 is 15.4 Å². The zero-order valence-corrected chi connectivity index (χ0v) is 13.3. The average molecular weight is 312 g/mol. The standard InChI is InChI=1S/C18H20N2O3/c1-13(21)20-16-9-7-14(8-10-16)12-19-18(22)11-15-5-3-4-6-17(15)23-2/h3-10H,11-12H2,1-2H3,(H,19,22)(H,20,21). The molecular weight excluding hydrogens is 292 g/mol. The third-order valence-corrected chi connectivity index (χ3v) is 3.31. The first-order valence-electron chi connectivity index (χ1n) is 7.33. The summed E-state index contributed by atoms with van der Waals surface area (Å²) in [7, 11) is 1.59. The minimum absolute atomic E-state index is 0.0690. The van der Waals surface area contributed by atoms with Gasteiger partial charge in [0.1, 0.15) is 5.75 Å². The Balaban J connectivity index is 1.88. The van der Waals surface area contributed by atoms with E-state index < -0.39 is 0 Å². The predicted octanol–water partition coefficient (Wildman–Crippen LogP) is 2.51. The van der Waals surface area contributed by atoms with Crippen molar-refractivity contribution in [3.05, 3.63) is 59.7 Å². The minimum Gasteiger partial charge on any atom is -0.496 e. The summed E-state index contributed by atoms with van der Waals surface area (Å²) in [6.45, 7) is 1.90. The van der Waals surface area contributed by atoms with Gasteiger partial charge in [-0.05, 0) is 23.8 Å². The van der Waals surface area contributed by atoms with Gasteiger partial charge in [-0.1, -0.05) is 30.3 Å². The van der Waals surface area contributed by atoms with Crippen LogP contribution in [0.4, 0.5) is 5.69 Å². The van der Waals surface area contributed by atoms with E-state index in [-0.39, 0.29) is 18.2 Å². The lowest BCUT2D eigenvalue weighted by molar-refractivity contribution is -0.120. The molecule has 2 amide bonds. The van der Waals surface area contributed by atoms with Gasteiger partial charge in [-0.2, -0.15) is 0 Å². The summed E-state index contributed by atoms with van der Waals surface area (Å²) >= 11 is 0. The van der Waals surface area contributed by atoms with Crippen LogP contribution in [-0.4, -0.2) is 18.9 Å². The van der Waals surface area contributed by atoms with Crippen molar-refractivity contribution in [2.24, 2.45) is 0 Å². The third kappa shape index (κ3) is 5.14. The Hall–Kier alpha value is -2.82. The molecule has 23 heavy (non-hydrogen) atoms. The molecule has 2 rings (SSSR count). The average Bonchev–Trinajstić information content (AvgIpc) is 2.54. The molecule has 2 N–H and O–H groups in total. The summed E-state index contributed by atoms with van der Waals surface area (Å²) in [6, 6.07) is 14.8. The SMILES string of the molecule is COc1ccccc1CC(=O)NCc1ccc(NC(C)=O)cc1. The summed E-state index contributed by atoms with van der Waals surface area (Å²) in [5.74, 6) is 0.533. The topological polar surface area (TPSA) is 67.4 Å². The number of methoxy groups -OCH3 is 1. The van der Waals surface area contributed by atoms with Gasteiger partial charge in [0.2, 0.25) is 11.8 Å². The van der Waals surface area contributed by atoms with Crippen molar-refractivity contribution in [2.75, 3.05) is 12.4 Å². The molecule has 0 heterocycles. The summed E-state index contributed by atoms with van der Waals surface area (Å²) in [5.41, 5.74) is 2.56. The number of hydrogen-bond donors (Lipinski definition) is 2. The molecule has 5 heteroatoms. The van der Waals surface area contributed by atoms with Crippen LogP contribution >= 0.6 is 0 Å². The van der Waals surface area contributed by atoms with E-state index in [2.05, 4.69) is 10.6 Å². The second kappa shape index (κ2) is 7.98. The van der Waals surface area contributed by atoms with Gasteiger partial charge in [0.15, 0.2) is 0 Å². The molecule has 0 unspecified atom stereocenters. The van der Waals surface area contributed by atoms with Gasteiger partial charge >= 0.3 is 0 Å². The molecule has 0 saturated carbocycles. The van der Waals surface area contributed by atoms with Gasteiger partial charge in [-0.25, -0.2) is 0 Å². The number of hydrogen-bond acceptors (Lipinski definition) is 3. The van der Waals surface area contributed by atoms with Crippen LogP contribution in [0.1, 0.15) is 18.1 Å². The molecule has 0 spiro atoms. The fourth-order valence-electron chi connectivity index (χ4n) is 2.19. The zero-order valence-electron chi connectivity index (χ0n) is 13.3. The molecule has 5 nitrogen and oxygen atoms in total. The smallest absolute Gasteiger partial charge is 0.224 e. The number of amides is 2. The van der Waals surface area contributed by atoms with Crippen molar-refractivity contribution in [1.82, 2.24) is 5.32 Å². The van der Waals surface area contributed by atoms with E-state index >= 15 is 0 Å². The van der Waals surface area contributed by atoms with Crippen molar-refractivity contribution < 1.29 is 14.3 Å². The highest BCUT2D eigenvalue weighted by atomic mass is 16.5. The maximum absolute atomic E-state index is 12.0. The normalized spacial score (nSPS) is 10.0. The van der Waals surface area contributed by atoms with Crippen LogP contribution in [0.2, 0.25) is 0 Å². The van der Waals surface area contributed by atoms with E-state index in [4.69, 9.17) is 4.74 Å². The van der Waals surface area contributed by atoms with Gasteiger partial charge < -0.3 is 15.4 Å². The monoisotopic (exact) mass is 312 g/mol. The lowest BCUT2D eigenvalue weighted by Crippen LogP contribution is -2.24. The van der Waals surface area contributed by atoms with E-state index in [0.717, 1.165) is 16.8 Å². The summed E-state index contributed by atoms with van der Waals surface area (Å²) < 4.78 is 5.24. The third-order valence-electron chi connectivity index (χ3n) is 3.31. The Bertz CT molecular complexity index is 681. The largest absolute Gasteiger partial charge is 0.496 e. The molecule has 0 aliphatic heterocycles. The number of carbonyl (C=O) groups is 2. The van der Waals surface area contributed by atoms with Gasteiger partial charge in [0.25, 0.3) is 0 Å². The number of anilines is 1. The van der Waals surface area contributed by atoms with Crippen LogP contribution in [0.5, 0.6) is 5.75 Å². The van der Waals surface area contributed by atoms with Crippen molar-refractivity contribution in [2.45, 2.75) is 19.9 Å². The molecule has 120 valence electrons. The van der Waals surface area contributed by atoms with E-state index in [1.54, 1.807) is 7.11 Å². The molecule has 0 saturated heterocycles. The first kappa shape index (κ1) is 16.5. The quantitative estimate of drug-likeness (QED) is 0.861. The highest BCUT2D eigenvalue weighted by molar-refractivity contribution is 5.88.